The Hall–Kier alpha value is -2.37. The molecule has 0 radical (unpaired) electrons. The highest BCUT2D eigenvalue weighted by Gasteiger charge is 2.28. The Labute approximate surface area is 122 Å². The van der Waals surface area contributed by atoms with E-state index in [4.69, 9.17) is 9.94 Å². The fourth-order valence-electron chi connectivity index (χ4n) is 2.35. The van der Waals surface area contributed by atoms with E-state index in [1.807, 2.05) is 0 Å². The highest BCUT2D eigenvalue weighted by atomic mass is 16.7. The average Bonchev–Trinajstić information content (AvgIpc) is 2.41. The van der Waals surface area contributed by atoms with E-state index in [-0.39, 0.29) is 18.1 Å². The van der Waals surface area contributed by atoms with Gasteiger partial charge in [0.05, 0.1) is 12.3 Å². The predicted molar refractivity (Wildman–Crippen MR) is 74.1 cm³/mol. The normalized spacial score (nSPS) is 18.2. The molecule has 21 heavy (non-hydrogen) atoms. The Bertz CT molecular complexity index is 623. The lowest BCUT2D eigenvalue weighted by Gasteiger charge is -2.24. The molecular weight excluding hydrogens is 274 g/mol. The van der Waals surface area contributed by atoms with Crippen LogP contribution in [0, 0.1) is 12.8 Å². The number of hydrogen-bond donors (Lipinski definition) is 2. The number of amides is 1. The fraction of sp³-hybridized carbons (Fsp3) is 0.400. The van der Waals surface area contributed by atoms with E-state index >= 15 is 0 Å². The van der Waals surface area contributed by atoms with Crippen LogP contribution >= 0.6 is 0 Å². The maximum Gasteiger partial charge on any atom is 0.304 e. The smallest absolute Gasteiger partial charge is 0.304 e. The van der Waals surface area contributed by atoms with Crippen LogP contribution in [0.3, 0.4) is 0 Å². The van der Waals surface area contributed by atoms with Crippen LogP contribution in [0.25, 0.3) is 0 Å². The zero-order valence-electron chi connectivity index (χ0n) is 12.1. The minimum Gasteiger partial charge on any atom is -0.481 e. The summed E-state index contributed by atoms with van der Waals surface area (Å²) in [5, 5.41) is 8.79. The van der Waals surface area contributed by atoms with Gasteiger partial charge in [0.2, 0.25) is 0 Å². The van der Waals surface area contributed by atoms with Gasteiger partial charge in [-0.3, -0.25) is 14.4 Å². The summed E-state index contributed by atoms with van der Waals surface area (Å²) in [5.74, 6) is -2.05. The van der Waals surface area contributed by atoms with E-state index in [0.717, 1.165) is 0 Å². The summed E-state index contributed by atoms with van der Waals surface area (Å²) in [4.78, 5) is 39.8. The Morgan fingerprint density at radius 1 is 1.43 bits per heavy atom. The van der Waals surface area contributed by atoms with Gasteiger partial charge in [-0.15, -0.1) is 0 Å². The molecule has 6 nitrogen and oxygen atoms in total. The summed E-state index contributed by atoms with van der Waals surface area (Å²) in [6, 6.07) is 3.32. The van der Waals surface area contributed by atoms with Crippen LogP contribution in [0.15, 0.2) is 12.1 Å². The van der Waals surface area contributed by atoms with Gasteiger partial charge in [-0.1, -0.05) is 6.92 Å². The molecule has 1 aliphatic rings. The molecule has 0 saturated heterocycles. The zero-order valence-corrected chi connectivity index (χ0v) is 12.1. The molecule has 1 heterocycles. The van der Waals surface area contributed by atoms with Crippen molar-refractivity contribution in [3.63, 3.8) is 0 Å². The number of benzene rings is 1. The molecule has 6 heteroatoms. The van der Waals surface area contributed by atoms with Gasteiger partial charge in [-0.05, 0) is 31.5 Å². The van der Waals surface area contributed by atoms with Crippen LogP contribution in [-0.4, -0.2) is 22.8 Å². The summed E-state index contributed by atoms with van der Waals surface area (Å²) in [6.45, 7) is 5.06. The van der Waals surface area contributed by atoms with Gasteiger partial charge < -0.3 is 9.94 Å². The van der Waals surface area contributed by atoms with Crippen molar-refractivity contribution in [2.75, 3.05) is 0 Å². The second-order valence-electron chi connectivity index (χ2n) is 5.36. The van der Waals surface area contributed by atoms with Gasteiger partial charge in [0.1, 0.15) is 0 Å². The number of carboxylic acids is 1. The molecule has 0 aromatic heterocycles. The first-order valence-corrected chi connectivity index (χ1v) is 6.68. The summed E-state index contributed by atoms with van der Waals surface area (Å²) in [7, 11) is 0. The Morgan fingerprint density at radius 3 is 2.71 bits per heavy atom. The van der Waals surface area contributed by atoms with Crippen molar-refractivity contribution >= 4 is 17.7 Å². The van der Waals surface area contributed by atoms with Gasteiger partial charge >= 0.3 is 5.97 Å². The van der Waals surface area contributed by atoms with Crippen LogP contribution in [0.2, 0.25) is 0 Å². The summed E-state index contributed by atoms with van der Waals surface area (Å²) in [5.41, 5.74) is 4.08. The SMILES string of the molecule is Cc1cc2c(cc1C(=O)C(C)CC(=O)O)C(C)C(=O)NO2. The topological polar surface area (TPSA) is 92.7 Å². The van der Waals surface area contributed by atoms with Crippen LogP contribution in [0.4, 0.5) is 0 Å². The van der Waals surface area contributed by atoms with Crippen molar-refractivity contribution in [2.24, 2.45) is 5.92 Å². The van der Waals surface area contributed by atoms with E-state index in [0.29, 0.717) is 22.4 Å². The molecule has 1 aromatic carbocycles. The first-order chi connectivity index (χ1) is 9.81. The summed E-state index contributed by atoms with van der Waals surface area (Å²) < 4.78 is 0. The Morgan fingerprint density at radius 2 is 2.10 bits per heavy atom. The number of ketones is 1. The molecule has 112 valence electrons. The van der Waals surface area contributed by atoms with Crippen LogP contribution < -0.4 is 10.3 Å². The van der Waals surface area contributed by atoms with Crippen molar-refractivity contribution in [2.45, 2.75) is 33.1 Å². The number of fused-ring (bicyclic) bond motifs is 1. The second-order valence-corrected chi connectivity index (χ2v) is 5.36. The average molecular weight is 291 g/mol. The maximum atomic E-state index is 12.4. The molecule has 0 saturated carbocycles. The molecule has 0 spiro atoms. The van der Waals surface area contributed by atoms with E-state index < -0.39 is 17.8 Å². The first-order valence-electron chi connectivity index (χ1n) is 6.68. The fourth-order valence-corrected chi connectivity index (χ4v) is 2.35. The van der Waals surface area contributed by atoms with Gasteiger partial charge in [-0.2, -0.15) is 5.48 Å². The van der Waals surface area contributed by atoms with E-state index in [1.54, 1.807) is 32.9 Å². The molecule has 1 amide bonds. The van der Waals surface area contributed by atoms with E-state index in [9.17, 15) is 14.4 Å². The zero-order chi connectivity index (χ0) is 15.7. The van der Waals surface area contributed by atoms with E-state index in [1.165, 1.54) is 0 Å². The highest BCUT2D eigenvalue weighted by molar-refractivity contribution is 6.01. The molecule has 0 aliphatic carbocycles. The number of carbonyl (C=O) groups is 3. The lowest BCUT2D eigenvalue weighted by molar-refractivity contribution is -0.137. The minimum atomic E-state index is -1.01. The monoisotopic (exact) mass is 291 g/mol. The van der Waals surface area contributed by atoms with Crippen molar-refractivity contribution in [3.05, 3.63) is 28.8 Å². The number of carbonyl (C=O) groups excluding carboxylic acids is 2. The quantitative estimate of drug-likeness (QED) is 0.825. The molecule has 2 unspecified atom stereocenters. The molecule has 1 aromatic rings. The number of hydroxylamine groups is 1. The van der Waals surface area contributed by atoms with Gasteiger partial charge in [-0.25, -0.2) is 0 Å². The number of rotatable bonds is 4. The third kappa shape index (κ3) is 2.89. The van der Waals surface area contributed by atoms with Gasteiger partial charge in [0.25, 0.3) is 5.91 Å². The molecule has 2 atom stereocenters. The van der Waals surface area contributed by atoms with E-state index in [2.05, 4.69) is 5.48 Å². The largest absolute Gasteiger partial charge is 0.481 e. The number of aliphatic carboxylic acids is 1. The van der Waals surface area contributed by atoms with Crippen molar-refractivity contribution in [3.8, 4) is 5.75 Å². The molecule has 2 rings (SSSR count). The lowest BCUT2D eigenvalue weighted by atomic mass is 9.88. The Kier molecular flexibility index (Phi) is 3.97. The van der Waals surface area contributed by atoms with Crippen molar-refractivity contribution < 1.29 is 24.3 Å². The number of nitrogens with one attached hydrogen (secondary N) is 1. The minimum absolute atomic E-state index is 0.220. The first kappa shape index (κ1) is 15.0. The van der Waals surface area contributed by atoms with Gasteiger partial charge in [0, 0.05) is 17.0 Å². The van der Waals surface area contributed by atoms with Crippen molar-refractivity contribution in [1.29, 1.82) is 0 Å². The standard InChI is InChI=1S/C15H17NO5/c1-7-4-12-11(9(3)15(20)16-21-12)6-10(7)14(19)8(2)5-13(17)18/h4,6,8-9H,5H2,1-3H3,(H,16,20)(H,17,18). The maximum absolute atomic E-state index is 12.4. The molecule has 2 N–H and O–H groups in total. The second kappa shape index (κ2) is 5.55. The third-order valence-corrected chi connectivity index (χ3v) is 3.67. The predicted octanol–water partition coefficient (Wildman–Crippen LogP) is 1.82. The summed E-state index contributed by atoms with van der Waals surface area (Å²) in [6.07, 6.45) is -0.220. The lowest BCUT2D eigenvalue weighted by Crippen LogP contribution is -2.36. The molecule has 0 bridgehead atoms. The third-order valence-electron chi connectivity index (χ3n) is 3.67. The molecule has 1 aliphatic heterocycles. The summed E-state index contributed by atoms with van der Waals surface area (Å²) >= 11 is 0. The number of carboxylic acid groups (broad SMARTS) is 1. The molecular formula is C15H17NO5. The van der Waals surface area contributed by atoms with Crippen LogP contribution in [0.5, 0.6) is 5.75 Å². The van der Waals surface area contributed by atoms with Gasteiger partial charge in [0.15, 0.2) is 11.5 Å². The Balaban J connectivity index is 2.39. The highest BCUT2D eigenvalue weighted by Crippen LogP contribution is 2.33. The van der Waals surface area contributed by atoms with Crippen LogP contribution in [-0.2, 0) is 9.59 Å². The molecule has 0 fully saturated rings. The number of Topliss-reactive ketones (excluding diaryl/α,β-unsaturated/α-hetero) is 1. The van der Waals surface area contributed by atoms with Crippen molar-refractivity contribution in [1.82, 2.24) is 5.48 Å². The number of aryl methyl sites for hydroxylation is 1. The van der Waals surface area contributed by atoms with Crippen LogP contribution in [0.1, 0.15) is 47.7 Å². The number of hydrogen-bond acceptors (Lipinski definition) is 4.